The van der Waals surface area contributed by atoms with E-state index in [1.165, 1.54) is 26.4 Å². The summed E-state index contributed by atoms with van der Waals surface area (Å²) in [5, 5.41) is 14.2. The van der Waals surface area contributed by atoms with Crippen molar-refractivity contribution in [1.29, 1.82) is 0 Å². The smallest absolute Gasteiger partial charge is 0.312 e. The fourth-order valence-electron chi connectivity index (χ4n) is 11.6. The van der Waals surface area contributed by atoms with Gasteiger partial charge in [0.25, 0.3) is 0 Å². The Morgan fingerprint density at radius 2 is 1.54 bits per heavy atom. The third-order valence-electron chi connectivity index (χ3n) is 13.4. The van der Waals surface area contributed by atoms with Crippen LogP contribution in [0.15, 0.2) is 0 Å². The Morgan fingerprint density at radius 3 is 2.20 bits per heavy atom. The summed E-state index contributed by atoms with van der Waals surface area (Å²) >= 11 is 0. The topological polar surface area (TPSA) is 75.6 Å². The van der Waals surface area contributed by atoms with Crippen LogP contribution in [0.4, 0.5) is 0 Å². The minimum Gasteiger partial charge on any atom is -0.469 e. The number of fused-ring (bicyclic) bond motifs is 7. The fourth-order valence-corrected chi connectivity index (χ4v) is 11.6. The molecule has 0 aromatic rings. The zero-order valence-electron chi connectivity index (χ0n) is 23.2. The van der Waals surface area contributed by atoms with Gasteiger partial charge in [-0.15, -0.1) is 0 Å². The number of nitrogens with one attached hydrogen (secondary N) is 1. The van der Waals surface area contributed by atoms with Crippen LogP contribution in [0.3, 0.4) is 0 Å². The van der Waals surface area contributed by atoms with E-state index in [0.29, 0.717) is 17.8 Å². The highest BCUT2D eigenvalue weighted by Gasteiger charge is 2.72. The molecular formula is C30H49NO4. The Kier molecular flexibility index (Phi) is 5.80. The van der Waals surface area contributed by atoms with Crippen LogP contribution in [0, 0.1) is 50.7 Å². The molecule has 5 aliphatic carbocycles. The Hall–Kier alpha value is -1.10. The van der Waals surface area contributed by atoms with Crippen LogP contribution in [0.25, 0.3) is 0 Å². The van der Waals surface area contributed by atoms with E-state index in [1.54, 1.807) is 6.92 Å². The highest BCUT2D eigenvalue weighted by Crippen LogP contribution is 2.76. The highest BCUT2D eigenvalue weighted by molar-refractivity contribution is 5.79. The highest BCUT2D eigenvalue weighted by atomic mass is 16.5. The van der Waals surface area contributed by atoms with Gasteiger partial charge in [0, 0.05) is 13.0 Å². The number of aliphatic hydroxyl groups excluding tert-OH is 1. The number of rotatable bonds is 2. The first-order chi connectivity index (χ1) is 16.3. The second-order valence-corrected chi connectivity index (χ2v) is 14.6. The van der Waals surface area contributed by atoms with E-state index in [9.17, 15) is 14.7 Å². The van der Waals surface area contributed by atoms with E-state index in [0.717, 1.165) is 44.9 Å². The third-order valence-corrected chi connectivity index (χ3v) is 13.4. The lowest BCUT2D eigenvalue weighted by atomic mass is 9.32. The first-order valence-corrected chi connectivity index (χ1v) is 14.3. The molecular weight excluding hydrogens is 438 g/mol. The molecule has 0 unspecified atom stereocenters. The molecule has 10 atom stereocenters. The van der Waals surface area contributed by atoms with Gasteiger partial charge in [0.15, 0.2) is 0 Å². The van der Waals surface area contributed by atoms with Crippen molar-refractivity contribution in [2.75, 3.05) is 7.11 Å². The molecule has 198 valence electrons. The maximum absolute atomic E-state index is 13.3. The molecule has 0 heterocycles. The van der Waals surface area contributed by atoms with Crippen LogP contribution < -0.4 is 5.32 Å². The molecule has 2 N–H and O–H groups in total. The molecule has 0 radical (unpaired) electrons. The average molecular weight is 488 g/mol. The SMILES string of the molecule is COC(=O)[C@]12CC[C@@H](NC(C)=O)[C@@H]1[C@H]1CC[C@@H]3[C@@]4(C)CC[C@H](O)C(C)(C)[C@@H]4CC[C@@]3(C)[C@]1(C)CC2. The summed E-state index contributed by atoms with van der Waals surface area (Å²) in [4.78, 5) is 25.5. The molecule has 5 nitrogen and oxygen atoms in total. The first kappa shape index (κ1) is 25.5. The second-order valence-electron chi connectivity index (χ2n) is 14.6. The quantitative estimate of drug-likeness (QED) is 0.505. The van der Waals surface area contributed by atoms with Gasteiger partial charge in [-0.2, -0.15) is 0 Å². The van der Waals surface area contributed by atoms with Crippen molar-refractivity contribution >= 4 is 11.9 Å². The maximum atomic E-state index is 13.3. The number of carbonyl (C=O) groups is 2. The average Bonchev–Trinajstić information content (AvgIpc) is 3.15. The summed E-state index contributed by atoms with van der Waals surface area (Å²) in [5.74, 6) is 1.72. The Labute approximate surface area is 212 Å². The summed E-state index contributed by atoms with van der Waals surface area (Å²) in [7, 11) is 1.53. The molecule has 35 heavy (non-hydrogen) atoms. The van der Waals surface area contributed by atoms with Gasteiger partial charge in [-0.1, -0.05) is 34.6 Å². The third kappa shape index (κ3) is 3.15. The van der Waals surface area contributed by atoms with Gasteiger partial charge in [0.2, 0.25) is 5.91 Å². The van der Waals surface area contributed by atoms with Crippen molar-refractivity contribution in [2.45, 2.75) is 118 Å². The van der Waals surface area contributed by atoms with Crippen molar-refractivity contribution < 1.29 is 19.4 Å². The molecule has 0 aliphatic heterocycles. The standard InChI is InChI=1S/C30H49NO4/c1-18(32)31-20-10-15-30(25(34)35-7)17-16-28(5)19(24(20)30)8-9-22-27(4)13-12-23(33)26(2,3)21(27)11-14-29(22,28)6/h19-24,33H,8-17H2,1-7H3,(H,31,32)/t19-,20-,21+,22-,23+,24+,27+,28-,29-,30+/m1/s1. The van der Waals surface area contributed by atoms with Crippen LogP contribution >= 0.6 is 0 Å². The Balaban J connectivity index is 1.55. The van der Waals surface area contributed by atoms with Gasteiger partial charge < -0.3 is 15.2 Å². The second kappa shape index (κ2) is 7.95. The van der Waals surface area contributed by atoms with Gasteiger partial charge in [0.1, 0.15) is 0 Å². The monoisotopic (exact) mass is 487 g/mol. The van der Waals surface area contributed by atoms with Crippen molar-refractivity contribution in [3.05, 3.63) is 0 Å². The van der Waals surface area contributed by atoms with Gasteiger partial charge >= 0.3 is 5.97 Å². The fraction of sp³-hybridized carbons (Fsp3) is 0.933. The van der Waals surface area contributed by atoms with E-state index < -0.39 is 5.41 Å². The number of aliphatic hydroxyl groups is 1. The predicted octanol–water partition coefficient (Wildman–Crippen LogP) is 5.49. The van der Waals surface area contributed by atoms with E-state index in [-0.39, 0.29) is 51.6 Å². The Bertz CT molecular complexity index is 901. The van der Waals surface area contributed by atoms with E-state index >= 15 is 0 Å². The summed E-state index contributed by atoms with van der Waals surface area (Å²) in [6.07, 6.45) is 10.2. The van der Waals surface area contributed by atoms with Crippen LogP contribution in [0.2, 0.25) is 0 Å². The molecule has 0 spiro atoms. The number of hydrogen-bond acceptors (Lipinski definition) is 4. The lowest BCUT2D eigenvalue weighted by Crippen LogP contribution is -2.67. The molecule has 0 bridgehead atoms. The Morgan fingerprint density at radius 1 is 0.829 bits per heavy atom. The molecule has 5 saturated carbocycles. The number of carbonyl (C=O) groups excluding carboxylic acids is 2. The molecule has 0 saturated heterocycles. The molecule has 0 aromatic carbocycles. The van der Waals surface area contributed by atoms with Crippen LogP contribution in [-0.2, 0) is 14.3 Å². The molecule has 1 amide bonds. The van der Waals surface area contributed by atoms with Gasteiger partial charge in [0.05, 0.1) is 18.6 Å². The number of hydrogen-bond donors (Lipinski definition) is 2. The van der Waals surface area contributed by atoms with Gasteiger partial charge in [-0.25, -0.2) is 0 Å². The van der Waals surface area contributed by atoms with Crippen LogP contribution in [0.1, 0.15) is 106 Å². The zero-order chi connectivity index (χ0) is 25.6. The molecule has 5 heteroatoms. The molecule has 5 fully saturated rings. The number of methoxy groups -OCH3 is 1. The number of esters is 1. The first-order valence-electron chi connectivity index (χ1n) is 14.3. The molecule has 5 aliphatic rings. The molecule has 0 aromatic heterocycles. The van der Waals surface area contributed by atoms with Crippen LogP contribution in [-0.4, -0.2) is 36.2 Å². The summed E-state index contributed by atoms with van der Waals surface area (Å²) in [6.45, 7) is 13.9. The lowest BCUT2D eigenvalue weighted by molar-refractivity contribution is -0.247. The predicted molar refractivity (Wildman–Crippen MR) is 136 cm³/mol. The minimum absolute atomic E-state index is 0.0128. The van der Waals surface area contributed by atoms with Crippen molar-refractivity contribution in [1.82, 2.24) is 5.32 Å². The summed E-state index contributed by atoms with van der Waals surface area (Å²) in [6, 6.07) is 0.0621. The summed E-state index contributed by atoms with van der Waals surface area (Å²) in [5.41, 5.74) is 0.0831. The van der Waals surface area contributed by atoms with Crippen molar-refractivity contribution in [3.8, 4) is 0 Å². The largest absolute Gasteiger partial charge is 0.469 e. The molecule has 5 rings (SSSR count). The van der Waals surface area contributed by atoms with E-state index in [2.05, 4.69) is 39.9 Å². The van der Waals surface area contributed by atoms with E-state index in [1.807, 2.05) is 0 Å². The summed E-state index contributed by atoms with van der Waals surface area (Å²) < 4.78 is 5.44. The lowest BCUT2D eigenvalue weighted by Gasteiger charge is -2.72. The van der Waals surface area contributed by atoms with Gasteiger partial charge in [-0.05, 0) is 110 Å². The number of ether oxygens (including phenoxy) is 1. The zero-order valence-corrected chi connectivity index (χ0v) is 23.2. The number of amides is 1. The van der Waals surface area contributed by atoms with Gasteiger partial charge in [-0.3, -0.25) is 9.59 Å². The van der Waals surface area contributed by atoms with Crippen LogP contribution in [0.5, 0.6) is 0 Å². The van der Waals surface area contributed by atoms with E-state index in [4.69, 9.17) is 4.74 Å². The minimum atomic E-state index is -0.451. The van der Waals surface area contributed by atoms with Crippen molar-refractivity contribution in [3.63, 3.8) is 0 Å². The normalized spacial score (nSPS) is 52.3. The maximum Gasteiger partial charge on any atom is 0.312 e. The van der Waals surface area contributed by atoms with Crippen molar-refractivity contribution in [2.24, 2.45) is 50.7 Å².